The zero-order valence-electron chi connectivity index (χ0n) is 20.3. The smallest absolute Gasteiger partial charge is 0.350 e. The number of rotatable bonds is 6. The largest absolute Gasteiger partial charge is 0.383 e. The maximum Gasteiger partial charge on any atom is 0.350 e. The Kier molecular flexibility index (Phi) is 6.04. The molecule has 5 aromatic rings. The van der Waals surface area contributed by atoms with Crippen LogP contribution in [0.15, 0.2) is 53.8 Å². The highest BCUT2D eigenvalue weighted by Gasteiger charge is 2.23. The predicted molar refractivity (Wildman–Crippen MR) is 133 cm³/mol. The number of nitrogens with zero attached hydrogens (tertiary/aromatic N) is 7. The molecule has 0 fully saturated rings. The summed E-state index contributed by atoms with van der Waals surface area (Å²) in [5, 5.41) is 4.57. The van der Waals surface area contributed by atoms with Crippen LogP contribution in [-0.4, -0.2) is 47.9 Å². The van der Waals surface area contributed by atoms with Crippen LogP contribution < -0.4 is 11.4 Å². The van der Waals surface area contributed by atoms with E-state index in [1.807, 2.05) is 30.6 Å². The number of nitrogens with two attached hydrogens (primary N) is 1. The molecule has 0 bridgehead atoms. The van der Waals surface area contributed by atoms with Gasteiger partial charge in [-0.15, -0.1) is 0 Å². The molecule has 0 unspecified atom stereocenters. The van der Waals surface area contributed by atoms with Crippen molar-refractivity contribution in [2.45, 2.75) is 13.1 Å². The van der Waals surface area contributed by atoms with Crippen molar-refractivity contribution < 1.29 is 13.2 Å². The van der Waals surface area contributed by atoms with Gasteiger partial charge in [-0.2, -0.15) is 9.78 Å². The molecular formula is C25H23F3N8O. The second-order valence-electron chi connectivity index (χ2n) is 8.93. The highest BCUT2D eigenvalue weighted by Crippen LogP contribution is 2.38. The van der Waals surface area contributed by atoms with Crippen molar-refractivity contribution >= 4 is 16.9 Å². The van der Waals surface area contributed by atoms with E-state index in [9.17, 15) is 13.6 Å². The van der Waals surface area contributed by atoms with Crippen molar-refractivity contribution in [3.8, 4) is 16.8 Å². The number of aromatic nitrogens is 6. The van der Waals surface area contributed by atoms with Gasteiger partial charge in [0.15, 0.2) is 0 Å². The molecule has 2 aromatic carbocycles. The molecule has 190 valence electrons. The first kappa shape index (κ1) is 24.3. The first-order valence-electron chi connectivity index (χ1n) is 11.3. The van der Waals surface area contributed by atoms with Crippen LogP contribution in [0.25, 0.3) is 27.8 Å². The summed E-state index contributed by atoms with van der Waals surface area (Å²) in [4.78, 5) is 23.3. The van der Waals surface area contributed by atoms with Gasteiger partial charge in [-0.1, -0.05) is 0 Å². The summed E-state index contributed by atoms with van der Waals surface area (Å²) in [5.41, 5.74) is 7.90. The third-order valence-corrected chi connectivity index (χ3v) is 6.13. The minimum absolute atomic E-state index is 0.00707. The Morgan fingerprint density at radius 3 is 2.54 bits per heavy atom. The summed E-state index contributed by atoms with van der Waals surface area (Å²) in [6, 6.07) is 7.29. The summed E-state index contributed by atoms with van der Waals surface area (Å²) >= 11 is 0. The number of hydrogen-bond donors (Lipinski definition) is 1. The third kappa shape index (κ3) is 4.25. The van der Waals surface area contributed by atoms with E-state index in [-0.39, 0.29) is 29.2 Å². The molecule has 37 heavy (non-hydrogen) atoms. The molecule has 2 N–H and O–H groups in total. The zero-order valence-corrected chi connectivity index (χ0v) is 20.3. The highest BCUT2D eigenvalue weighted by molar-refractivity contribution is 6.02. The van der Waals surface area contributed by atoms with Gasteiger partial charge in [0.2, 0.25) is 0 Å². The lowest BCUT2D eigenvalue weighted by atomic mass is 10.0. The zero-order chi connectivity index (χ0) is 26.4. The fraction of sp³-hybridized carbons (Fsp3) is 0.200. The van der Waals surface area contributed by atoms with Crippen molar-refractivity contribution in [3.63, 3.8) is 0 Å². The van der Waals surface area contributed by atoms with Gasteiger partial charge in [-0.25, -0.2) is 27.9 Å². The van der Waals surface area contributed by atoms with Crippen LogP contribution in [-0.2, 0) is 20.1 Å². The number of aryl methyl sites for hydroxylation is 1. The quantitative estimate of drug-likeness (QED) is 0.379. The van der Waals surface area contributed by atoms with E-state index in [1.54, 1.807) is 12.1 Å². The van der Waals surface area contributed by atoms with Crippen LogP contribution >= 0.6 is 0 Å². The maximum absolute atomic E-state index is 15.6. The fourth-order valence-corrected chi connectivity index (χ4v) is 4.40. The Labute approximate surface area is 209 Å². The van der Waals surface area contributed by atoms with Gasteiger partial charge >= 0.3 is 5.69 Å². The number of benzene rings is 2. The molecule has 0 aliphatic heterocycles. The molecule has 3 aromatic heterocycles. The van der Waals surface area contributed by atoms with Gasteiger partial charge in [0, 0.05) is 42.0 Å². The van der Waals surface area contributed by atoms with E-state index in [0.717, 1.165) is 33.1 Å². The Morgan fingerprint density at radius 1 is 1.03 bits per heavy atom. The SMILES string of the molecule is CN(C)Cc1c(-c2ccc(-n3ncn(Cc4cc(F)ccc4F)c3=O)cc2F)c2c(N)ncnc2n1C. The van der Waals surface area contributed by atoms with Gasteiger partial charge in [-0.05, 0) is 44.4 Å². The maximum atomic E-state index is 15.6. The summed E-state index contributed by atoms with van der Waals surface area (Å²) in [6.45, 7) is 0.259. The first-order chi connectivity index (χ1) is 17.7. The summed E-state index contributed by atoms with van der Waals surface area (Å²) in [5.74, 6) is -1.65. The van der Waals surface area contributed by atoms with Crippen molar-refractivity contribution in [1.29, 1.82) is 0 Å². The molecule has 0 amide bonds. The lowest BCUT2D eigenvalue weighted by Crippen LogP contribution is -2.24. The standard InChI is InChI=1S/C25H23F3N8O/c1-33(2)11-20-21(22-23(29)30-12-31-24(22)34(20)3)17-6-5-16(9-19(17)28)36-25(37)35(13-32-36)10-14-8-15(26)4-7-18(14)27/h4-9,12-13H,10-11H2,1-3H3,(H2,29,30,31). The van der Waals surface area contributed by atoms with Crippen LogP contribution in [0, 0.1) is 17.5 Å². The summed E-state index contributed by atoms with van der Waals surface area (Å²) in [7, 11) is 5.62. The number of anilines is 1. The number of fused-ring (bicyclic) bond motifs is 1. The normalized spacial score (nSPS) is 11.6. The second kappa shape index (κ2) is 9.21. The molecule has 0 aliphatic rings. The van der Waals surface area contributed by atoms with Crippen molar-refractivity contribution in [3.05, 3.63) is 88.2 Å². The van der Waals surface area contributed by atoms with Gasteiger partial charge in [-0.3, -0.25) is 4.57 Å². The summed E-state index contributed by atoms with van der Waals surface area (Å²) < 4.78 is 47.2. The Bertz CT molecular complexity index is 1700. The molecular weight excluding hydrogens is 485 g/mol. The van der Waals surface area contributed by atoms with Gasteiger partial charge in [0.05, 0.1) is 17.6 Å². The van der Waals surface area contributed by atoms with Crippen molar-refractivity contribution in [2.24, 2.45) is 7.05 Å². The lowest BCUT2D eigenvalue weighted by molar-refractivity contribution is 0.392. The van der Waals surface area contributed by atoms with Crippen LogP contribution in [0.3, 0.4) is 0 Å². The molecule has 0 aliphatic carbocycles. The van der Waals surface area contributed by atoms with Gasteiger partial charge in [0.1, 0.15) is 41.6 Å². The molecule has 3 heterocycles. The van der Waals surface area contributed by atoms with E-state index in [0.29, 0.717) is 23.1 Å². The van der Waals surface area contributed by atoms with Crippen LogP contribution in [0.2, 0.25) is 0 Å². The molecule has 0 radical (unpaired) electrons. The molecule has 9 nitrogen and oxygen atoms in total. The minimum atomic E-state index is -0.650. The van der Waals surface area contributed by atoms with Crippen LogP contribution in [0.1, 0.15) is 11.3 Å². The van der Waals surface area contributed by atoms with E-state index in [1.165, 1.54) is 18.7 Å². The average molecular weight is 509 g/mol. The van der Waals surface area contributed by atoms with E-state index in [4.69, 9.17) is 5.73 Å². The van der Waals surface area contributed by atoms with E-state index < -0.39 is 23.1 Å². The molecule has 0 spiro atoms. The highest BCUT2D eigenvalue weighted by atomic mass is 19.1. The Morgan fingerprint density at radius 2 is 1.81 bits per heavy atom. The van der Waals surface area contributed by atoms with Gasteiger partial charge < -0.3 is 15.2 Å². The summed E-state index contributed by atoms with van der Waals surface area (Å²) in [6.07, 6.45) is 2.55. The molecule has 0 saturated heterocycles. The molecule has 0 saturated carbocycles. The number of halogens is 3. The monoisotopic (exact) mass is 508 g/mol. The average Bonchev–Trinajstić information content (AvgIpc) is 3.34. The second-order valence-corrected chi connectivity index (χ2v) is 8.93. The topological polar surface area (TPSA) is 99.8 Å². The first-order valence-corrected chi connectivity index (χ1v) is 11.3. The third-order valence-electron chi connectivity index (χ3n) is 6.13. The lowest BCUT2D eigenvalue weighted by Gasteiger charge is -2.14. The van der Waals surface area contributed by atoms with Crippen molar-refractivity contribution in [1.82, 2.24) is 33.8 Å². The van der Waals surface area contributed by atoms with Crippen LogP contribution in [0.4, 0.5) is 19.0 Å². The number of hydrogen-bond acceptors (Lipinski definition) is 6. The molecule has 12 heteroatoms. The van der Waals surface area contributed by atoms with Gasteiger partial charge in [0.25, 0.3) is 0 Å². The molecule has 5 rings (SSSR count). The van der Waals surface area contributed by atoms with E-state index >= 15 is 4.39 Å². The van der Waals surface area contributed by atoms with Crippen molar-refractivity contribution in [2.75, 3.05) is 19.8 Å². The van der Waals surface area contributed by atoms with Crippen LogP contribution in [0.5, 0.6) is 0 Å². The number of nitrogen functional groups attached to an aromatic ring is 1. The fourth-order valence-electron chi connectivity index (χ4n) is 4.40. The minimum Gasteiger partial charge on any atom is -0.383 e. The Balaban J connectivity index is 1.58. The predicted octanol–water partition coefficient (Wildman–Crippen LogP) is 3.09. The Hall–Kier alpha value is -4.45. The molecule has 0 atom stereocenters. The van der Waals surface area contributed by atoms with E-state index in [2.05, 4.69) is 15.1 Å².